The van der Waals surface area contributed by atoms with Gasteiger partial charge in [-0.3, -0.25) is 0 Å². The Morgan fingerprint density at radius 1 is 1.40 bits per heavy atom. The van der Waals surface area contributed by atoms with Gasteiger partial charge in [0.25, 0.3) is 0 Å². The number of nitrogens with zero attached hydrogens (tertiary/aromatic N) is 2. The fourth-order valence-corrected chi connectivity index (χ4v) is 2.22. The molecule has 0 amide bonds. The van der Waals surface area contributed by atoms with Crippen LogP contribution in [-0.2, 0) is 0 Å². The summed E-state index contributed by atoms with van der Waals surface area (Å²) in [5.74, 6) is 1.18. The van der Waals surface area contributed by atoms with Gasteiger partial charge in [0, 0.05) is 24.8 Å². The summed E-state index contributed by atoms with van der Waals surface area (Å²) in [7, 11) is 0. The van der Waals surface area contributed by atoms with Crippen LogP contribution in [0.4, 0.5) is 11.5 Å². The smallest absolute Gasteiger partial charge is 0.152 e. The van der Waals surface area contributed by atoms with Crippen LogP contribution in [-0.4, -0.2) is 24.1 Å². The van der Waals surface area contributed by atoms with Gasteiger partial charge in [-0.1, -0.05) is 0 Å². The molecule has 2 heterocycles. The number of aromatic nitrogens is 1. The molecule has 1 aliphatic carbocycles. The molecule has 1 N–H and O–H groups in total. The normalized spacial score (nSPS) is 20.5. The van der Waals surface area contributed by atoms with Crippen molar-refractivity contribution < 1.29 is 0 Å². The van der Waals surface area contributed by atoms with Crippen LogP contribution in [0, 0.1) is 6.92 Å². The van der Waals surface area contributed by atoms with Crippen molar-refractivity contribution in [3.05, 3.63) is 17.8 Å². The van der Waals surface area contributed by atoms with E-state index in [4.69, 9.17) is 0 Å². The van der Waals surface area contributed by atoms with E-state index in [-0.39, 0.29) is 0 Å². The Kier molecular flexibility index (Phi) is 2.04. The number of pyridine rings is 1. The van der Waals surface area contributed by atoms with Gasteiger partial charge in [-0.15, -0.1) is 0 Å². The minimum Gasteiger partial charge on any atom is -0.382 e. The molecule has 1 saturated carbocycles. The number of nitrogens with one attached hydrogen (secondary N) is 1. The van der Waals surface area contributed by atoms with Gasteiger partial charge in [0.15, 0.2) is 5.82 Å². The van der Waals surface area contributed by atoms with Crippen LogP contribution in [0.3, 0.4) is 0 Å². The molecule has 1 aliphatic heterocycles. The molecular formula is C12H17N3. The topological polar surface area (TPSA) is 28.2 Å². The van der Waals surface area contributed by atoms with E-state index in [2.05, 4.69) is 34.3 Å². The first-order chi connectivity index (χ1) is 7.34. The van der Waals surface area contributed by atoms with Gasteiger partial charge in [0.05, 0.1) is 5.69 Å². The van der Waals surface area contributed by atoms with Crippen molar-refractivity contribution in [3.63, 3.8) is 0 Å². The van der Waals surface area contributed by atoms with E-state index in [1.807, 2.05) is 0 Å². The molecule has 2 aliphatic rings. The average Bonchev–Trinajstić information content (AvgIpc) is 3.01. The van der Waals surface area contributed by atoms with E-state index in [9.17, 15) is 0 Å². The van der Waals surface area contributed by atoms with Crippen LogP contribution in [0.5, 0.6) is 0 Å². The van der Waals surface area contributed by atoms with Crippen molar-refractivity contribution in [2.24, 2.45) is 0 Å². The zero-order valence-corrected chi connectivity index (χ0v) is 9.16. The molecule has 0 aromatic carbocycles. The predicted molar refractivity (Wildman–Crippen MR) is 62.4 cm³/mol. The summed E-state index contributed by atoms with van der Waals surface area (Å²) in [4.78, 5) is 7.17. The summed E-state index contributed by atoms with van der Waals surface area (Å²) in [6.07, 6.45) is 3.90. The molecule has 15 heavy (non-hydrogen) atoms. The zero-order valence-electron chi connectivity index (χ0n) is 9.16. The maximum Gasteiger partial charge on any atom is 0.152 e. The zero-order chi connectivity index (χ0) is 10.3. The summed E-state index contributed by atoms with van der Waals surface area (Å²) >= 11 is 0. The number of anilines is 2. The van der Waals surface area contributed by atoms with Crippen molar-refractivity contribution in [3.8, 4) is 0 Å². The van der Waals surface area contributed by atoms with E-state index in [1.54, 1.807) is 0 Å². The minimum atomic E-state index is 0.762. The van der Waals surface area contributed by atoms with Crippen LogP contribution >= 0.6 is 0 Å². The highest BCUT2D eigenvalue weighted by molar-refractivity contribution is 5.67. The van der Waals surface area contributed by atoms with Crippen molar-refractivity contribution in [2.45, 2.75) is 32.2 Å². The Morgan fingerprint density at radius 3 is 3.07 bits per heavy atom. The Hall–Kier alpha value is -1.25. The number of fused-ring (bicyclic) bond motifs is 1. The van der Waals surface area contributed by atoms with Crippen LogP contribution < -0.4 is 10.2 Å². The molecule has 80 valence electrons. The molecular weight excluding hydrogens is 186 g/mol. The Morgan fingerprint density at radius 2 is 2.27 bits per heavy atom. The first-order valence-electron chi connectivity index (χ1n) is 5.83. The summed E-state index contributed by atoms with van der Waals surface area (Å²) in [6, 6.07) is 5.01. The third kappa shape index (κ3) is 1.66. The number of hydrogen-bond donors (Lipinski definition) is 1. The lowest BCUT2D eigenvalue weighted by Gasteiger charge is -2.23. The minimum absolute atomic E-state index is 0.762. The quantitative estimate of drug-likeness (QED) is 0.758. The van der Waals surface area contributed by atoms with Gasteiger partial charge in [-0.25, -0.2) is 4.98 Å². The van der Waals surface area contributed by atoms with Crippen LogP contribution in [0.1, 0.15) is 25.0 Å². The van der Waals surface area contributed by atoms with Crippen LogP contribution in [0.25, 0.3) is 0 Å². The second-order valence-corrected chi connectivity index (χ2v) is 4.53. The van der Waals surface area contributed by atoms with Gasteiger partial charge in [0.2, 0.25) is 0 Å². The average molecular weight is 203 g/mol. The fourth-order valence-electron chi connectivity index (χ4n) is 2.22. The maximum atomic E-state index is 4.68. The lowest BCUT2D eigenvalue weighted by molar-refractivity contribution is 0.749. The van der Waals surface area contributed by atoms with Crippen LogP contribution in [0.2, 0.25) is 0 Å². The van der Waals surface area contributed by atoms with E-state index in [0.717, 1.165) is 24.8 Å². The molecule has 1 fully saturated rings. The monoisotopic (exact) mass is 203 g/mol. The lowest BCUT2D eigenvalue weighted by atomic mass is 10.3. The molecule has 1 aromatic rings. The number of hydrogen-bond acceptors (Lipinski definition) is 3. The highest BCUT2D eigenvalue weighted by Gasteiger charge is 2.31. The standard InChI is InChI=1S/C12H17N3/c1-9-3-6-11-12(14-9)15(10-4-5-10)8-2-7-13-11/h3,6,10,13H,2,4-5,7-8H2,1H3. The van der Waals surface area contributed by atoms with Crippen molar-refractivity contribution in [1.82, 2.24) is 4.98 Å². The molecule has 3 rings (SSSR count). The van der Waals surface area contributed by atoms with Gasteiger partial charge in [0.1, 0.15) is 0 Å². The van der Waals surface area contributed by atoms with E-state index in [1.165, 1.54) is 30.8 Å². The predicted octanol–water partition coefficient (Wildman–Crippen LogP) is 2.17. The third-order valence-corrected chi connectivity index (χ3v) is 3.17. The second-order valence-electron chi connectivity index (χ2n) is 4.53. The highest BCUT2D eigenvalue weighted by atomic mass is 15.3. The lowest BCUT2D eigenvalue weighted by Crippen LogP contribution is -2.27. The fraction of sp³-hybridized carbons (Fsp3) is 0.583. The van der Waals surface area contributed by atoms with E-state index >= 15 is 0 Å². The maximum absolute atomic E-state index is 4.68. The summed E-state index contributed by atoms with van der Waals surface area (Å²) in [5, 5.41) is 3.46. The Bertz CT molecular complexity index is 371. The SMILES string of the molecule is Cc1ccc2c(n1)N(C1CC1)CCCN2. The number of aryl methyl sites for hydroxylation is 1. The summed E-state index contributed by atoms with van der Waals surface area (Å²) < 4.78 is 0. The molecule has 0 radical (unpaired) electrons. The molecule has 3 nitrogen and oxygen atoms in total. The molecule has 3 heteroatoms. The summed E-state index contributed by atoms with van der Waals surface area (Å²) in [6.45, 7) is 4.29. The molecule has 0 unspecified atom stereocenters. The van der Waals surface area contributed by atoms with Gasteiger partial charge < -0.3 is 10.2 Å². The first kappa shape index (κ1) is 9.01. The molecule has 0 spiro atoms. The summed E-state index contributed by atoms with van der Waals surface area (Å²) in [5.41, 5.74) is 2.33. The molecule has 1 aromatic heterocycles. The third-order valence-electron chi connectivity index (χ3n) is 3.17. The van der Waals surface area contributed by atoms with Gasteiger partial charge in [-0.2, -0.15) is 0 Å². The van der Waals surface area contributed by atoms with Gasteiger partial charge >= 0.3 is 0 Å². The van der Waals surface area contributed by atoms with Crippen molar-refractivity contribution >= 4 is 11.5 Å². The van der Waals surface area contributed by atoms with Gasteiger partial charge in [-0.05, 0) is 38.3 Å². The van der Waals surface area contributed by atoms with Crippen LogP contribution in [0.15, 0.2) is 12.1 Å². The first-order valence-corrected chi connectivity index (χ1v) is 5.83. The Labute approximate surface area is 90.5 Å². The Balaban J connectivity index is 2.02. The molecule has 0 bridgehead atoms. The highest BCUT2D eigenvalue weighted by Crippen LogP contribution is 2.35. The van der Waals surface area contributed by atoms with Crippen molar-refractivity contribution in [2.75, 3.05) is 23.3 Å². The molecule has 0 atom stereocenters. The molecule has 0 saturated heterocycles. The largest absolute Gasteiger partial charge is 0.382 e. The second kappa shape index (κ2) is 3.40. The van der Waals surface area contributed by atoms with E-state index < -0.39 is 0 Å². The van der Waals surface area contributed by atoms with Crippen molar-refractivity contribution in [1.29, 1.82) is 0 Å². The number of rotatable bonds is 1. The van der Waals surface area contributed by atoms with E-state index in [0.29, 0.717) is 0 Å².